The molecule has 0 saturated heterocycles. The van der Waals surface area contributed by atoms with Crippen LogP contribution in [-0.2, 0) is 16.1 Å². The van der Waals surface area contributed by atoms with Crippen molar-refractivity contribution < 1.29 is 14.3 Å². The first-order valence-electron chi connectivity index (χ1n) is 7.54. The molecule has 0 spiro atoms. The Labute approximate surface area is 156 Å². The first kappa shape index (κ1) is 19.1. The Hall–Kier alpha value is -2.24. The first-order chi connectivity index (χ1) is 11.9. The Morgan fingerprint density at radius 2 is 1.84 bits per heavy atom. The minimum atomic E-state index is -0.299. The molecule has 0 bridgehead atoms. The first-order valence-corrected chi connectivity index (χ1v) is 8.29. The van der Waals surface area contributed by atoms with Crippen molar-refractivity contribution >= 4 is 40.7 Å². The summed E-state index contributed by atoms with van der Waals surface area (Å²) in [5.41, 5.74) is 1.36. The number of ether oxygens (including phenoxy) is 1. The van der Waals surface area contributed by atoms with Gasteiger partial charge in [0.15, 0.2) is 0 Å². The van der Waals surface area contributed by atoms with Crippen molar-refractivity contribution in [2.24, 2.45) is 0 Å². The lowest BCUT2D eigenvalue weighted by Gasteiger charge is -2.21. The van der Waals surface area contributed by atoms with Crippen LogP contribution in [0.5, 0.6) is 5.75 Å². The van der Waals surface area contributed by atoms with Crippen LogP contribution in [0.1, 0.15) is 12.5 Å². The zero-order valence-electron chi connectivity index (χ0n) is 13.9. The van der Waals surface area contributed by atoms with E-state index in [-0.39, 0.29) is 18.4 Å². The van der Waals surface area contributed by atoms with Gasteiger partial charge in [0.25, 0.3) is 0 Å². The molecule has 2 aromatic carbocycles. The number of amides is 2. The van der Waals surface area contributed by atoms with E-state index in [9.17, 15) is 9.59 Å². The predicted octanol–water partition coefficient (Wildman–Crippen LogP) is 3.67. The van der Waals surface area contributed by atoms with Gasteiger partial charge in [0.2, 0.25) is 11.8 Å². The molecule has 0 heterocycles. The molecular weight excluding hydrogens is 363 g/mol. The van der Waals surface area contributed by atoms with Crippen LogP contribution in [0.15, 0.2) is 42.5 Å². The van der Waals surface area contributed by atoms with Gasteiger partial charge in [-0.25, -0.2) is 0 Å². The van der Waals surface area contributed by atoms with Crippen LogP contribution in [-0.4, -0.2) is 25.5 Å². The number of carbonyl (C=O) groups is 2. The summed E-state index contributed by atoms with van der Waals surface area (Å²) in [5.74, 6) is 0.119. The van der Waals surface area contributed by atoms with E-state index in [0.717, 1.165) is 5.56 Å². The number of carbonyl (C=O) groups excluding carboxylic acids is 2. The summed E-state index contributed by atoms with van der Waals surface area (Å²) in [6, 6.07) is 12.2. The van der Waals surface area contributed by atoms with Crippen molar-refractivity contribution in [1.29, 1.82) is 0 Å². The molecule has 0 aliphatic heterocycles. The van der Waals surface area contributed by atoms with E-state index in [2.05, 4.69) is 5.32 Å². The van der Waals surface area contributed by atoms with Gasteiger partial charge in [0.05, 0.1) is 17.2 Å². The molecule has 7 heteroatoms. The molecule has 0 radical (unpaired) electrons. The monoisotopic (exact) mass is 380 g/mol. The highest BCUT2D eigenvalue weighted by molar-refractivity contribution is 6.42. The lowest BCUT2D eigenvalue weighted by Crippen LogP contribution is -2.39. The number of benzene rings is 2. The van der Waals surface area contributed by atoms with Crippen LogP contribution in [0.4, 0.5) is 5.69 Å². The van der Waals surface area contributed by atoms with Gasteiger partial charge < -0.3 is 15.0 Å². The van der Waals surface area contributed by atoms with Crippen molar-refractivity contribution in [3.05, 3.63) is 58.1 Å². The Morgan fingerprint density at radius 3 is 2.48 bits per heavy atom. The van der Waals surface area contributed by atoms with Crippen LogP contribution in [0.25, 0.3) is 0 Å². The van der Waals surface area contributed by atoms with Crippen LogP contribution in [0, 0.1) is 0 Å². The van der Waals surface area contributed by atoms with Gasteiger partial charge in [0.1, 0.15) is 12.3 Å². The molecule has 5 nitrogen and oxygen atoms in total. The van der Waals surface area contributed by atoms with Gasteiger partial charge in [-0.15, -0.1) is 0 Å². The highest BCUT2D eigenvalue weighted by atomic mass is 35.5. The number of halogens is 2. The molecule has 2 aromatic rings. The smallest absolute Gasteiger partial charge is 0.240 e. The summed E-state index contributed by atoms with van der Waals surface area (Å²) in [4.78, 5) is 25.5. The number of anilines is 1. The molecule has 0 atom stereocenters. The second kappa shape index (κ2) is 8.74. The van der Waals surface area contributed by atoms with Gasteiger partial charge in [-0.2, -0.15) is 0 Å². The average Bonchev–Trinajstić information content (AvgIpc) is 2.60. The summed E-state index contributed by atoms with van der Waals surface area (Å²) in [5, 5.41) is 3.49. The maximum atomic E-state index is 12.3. The minimum Gasteiger partial charge on any atom is -0.496 e. The van der Waals surface area contributed by atoms with E-state index in [0.29, 0.717) is 28.0 Å². The fourth-order valence-electron chi connectivity index (χ4n) is 2.28. The maximum Gasteiger partial charge on any atom is 0.240 e. The number of hydrogen-bond donors (Lipinski definition) is 1. The zero-order chi connectivity index (χ0) is 18.4. The number of para-hydroxylation sites is 1. The topological polar surface area (TPSA) is 58.6 Å². The molecular formula is C18H18Cl2N2O3. The summed E-state index contributed by atoms with van der Waals surface area (Å²) in [6.07, 6.45) is 0. The standard InChI is InChI=1S/C18H18Cl2N2O3/c1-12(23)22(14-7-8-15(19)16(20)9-14)11-18(24)21-10-13-5-3-4-6-17(13)25-2/h3-9H,10-11H2,1-2H3,(H,21,24). The van der Waals surface area contributed by atoms with Crippen LogP contribution in [0.2, 0.25) is 10.0 Å². The van der Waals surface area contributed by atoms with Crippen LogP contribution < -0.4 is 15.0 Å². The molecule has 2 amide bonds. The van der Waals surface area contributed by atoms with Crippen LogP contribution >= 0.6 is 23.2 Å². The largest absolute Gasteiger partial charge is 0.496 e. The number of nitrogens with zero attached hydrogens (tertiary/aromatic N) is 1. The number of nitrogens with one attached hydrogen (secondary N) is 1. The number of methoxy groups -OCH3 is 1. The lowest BCUT2D eigenvalue weighted by atomic mass is 10.2. The normalized spacial score (nSPS) is 10.2. The van der Waals surface area contributed by atoms with Crippen LogP contribution in [0.3, 0.4) is 0 Å². The van der Waals surface area contributed by atoms with Gasteiger partial charge in [-0.3, -0.25) is 9.59 Å². The fourth-order valence-corrected chi connectivity index (χ4v) is 2.57. The van der Waals surface area contributed by atoms with Gasteiger partial charge in [-0.1, -0.05) is 41.4 Å². The SMILES string of the molecule is COc1ccccc1CNC(=O)CN(C(C)=O)c1ccc(Cl)c(Cl)c1. The summed E-state index contributed by atoms with van der Waals surface area (Å²) in [6.45, 7) is 1.56. The van der Waals surface area contributed by atoms with Crippen molar-refractivity contribution in [3.8, 4) is 5.75 Å². The highest BCUT2D eigenvalue weighted by Gasteiger charge is 2.17. The zero-order valence-corrected chi connectivity index (χ0v) is 15.4. The average molecular weight is 381 g/mol. The molecule has 132 valence electrons. The molecule has 1 N–H and O–H groups in total. The van der Waals surface area contributed by atoms with Crippen molar-refractivity contribution in [3.63, 3.8) is 0 Å². The van der Waals surface area contributed by atoms with E-state index < -0.39 is 0 Å². The Bertz CT molecular complexity index is 781. The van der Waals surface area contributed by atoms with Crippen molar-refractivity contribution in [2.45, 2.75) is 13.5 Å². The fraction of sp³-hybridized carbons (Fsp3) is 0.222. The molecule has 0 aromatic heterocycles. The quantitative estimate of drug-likeness (QED) is 0.831. The predicted molar refractivity (Wildman–Crippen MR) is 99.3 cm³/mol. The molecule has 0 aliphatic carbocycles. The third-order valence-electron chi connectivity index (χ3n) is 3.57. The second-order valence-corrected chi connectivity index (χ2v) is 6.11. The Morgan fingerprint density at radius 1 is 1.12 bits per heavy atom. The molecule has 0 aliphatic rings. The van der Waals surface area contributed by atoms with Gasteiger partial charge in [0, 0.05) is 24.7 Å². The van der Waals surface area contributed by atoms with Gasteiger partial charge in [-0.05, 0) is 24.3 Å². The molecule has 0 unspecified atom stereocenters. The Kier molecular flexibility index (Phi) is 6.67. The van der Waals surface area contributed by atoms with E-state index in [1.54, 1.807) is 25.3 Å². The summed E-state index contributed by atoms with van der Waals surface area (Å²) in [7, 11) is 1.57. The third kappa shape index (κ3) is 5.11. The summed E-state index contributed by atoms with van der Waals surface area (Å²) < 4.78 is 5.25. The molecule has 0 fully saturated rings. The summed E-state index contributed by atoms with van der Waals surface area (Å²) >= 11 is 11.9. The second-order valence-electron chi connectivity index (χ2n) is 5.29. The van der Waals surface area contributed by atoms with Gasteiger partial charge >= 0.3 is 0 Å². The Balaban J connectivity index is 2.05. The van der Waals surface area contributed by atoms with Crippen molar-refractivity contribution in [1.82, 2.24) is 5.32 Å². The molecule has 2 rings (SSSR count). The number of hydrogen-bond acceptors (Lipinski definition) is 3. The molecule has 0 saturated carbocycles. The van der Waals surface area contributed by atoms with Crippen molar-refractivity contribution in [2.75, 3.05) is 18.6 Å². The van der Waals surface area contributed by atoms with E-state index in [1.807, 2.05) is 24.3 Å². The van der Waals surface area contributed by atoms with E-state index >= 15 is 0 Å². The maximum absolute atomic E-state index is 12.3. The molecule has 25 heavy (non-hydrogen) atoms. The van der Waals surface area contributed by atoms with E-state index in [4.69, 9.17) is 27.9 Å². The number of rotatable bonds is 6. The van der Waals surface area contributed by atoms with E-state index in [1.165, 1.54) is 11.8 Å². The highest BCUT2D eigenvalue weighted by Crippen LogP contribution is 2.27. The third-order valence-corrected chi connectivity index (χ3v) is 4.30. The minimum absolute atomic E-state index is 0.123. The lowest BCUT2D eigenvalue weighted by molar-refractivity contribution is -0.123.